The third kappa shape index (κ3) is 3.90. The van der Waals surface area contributed by atoms with Gasteiger partial charge in [0.05, 0.1) is 16.3 Å². The number of hydrogen-bond donors (Lipinski definition) is 1. The largest absolute Gasteiger partial charge is 0.383 e. The van der Waals surface area contributed by atoms with Crippen LogP contribution in [0.3, 0.4) is 0 Å². The molecule has 0 aliphatic carbocycles. The van der Waals surface area contributed by atoms with Gasteiger partial charge in [-0.2, -0.15) is 5.26 Å². The molecule has 0 saturated heterocycles. The second-order valence-corrected chi connectivity index (χ2v) is 4.85. The average Bonchev–Trinajstić information content (AvgIpc) is 2.37. The van der Waals surface area contributed by atoms with Crippen LogP contribution in [0.4, 0.5) is 5.69 Å². The van der Waals surface area contributed by atoms with E-state index >= 15 is 0 Å². The van der Waals surface area contributed by atoms with Gasteiger partial charge in [0.1, 0.15) is 6.07 Å². The quantitative estimate of drug-likeness (QED) is 0.857. The number of benzene rings is 1. The number of halogens is 1. The van der Waals surface area contributed by atoms with Gasteiger partial charge in [0.2, 0.25) is 0 Å². The van der Waals surface area contributed by atoms with Crippen molar-refractivity contribution in [2.24, 2.45) is 0 Å². The van der Waals surface area contributed by atoms with Crippen LogP contribution >= 0.6 is 11.6 Å². The molecule has 1 aromatic carbocycles. The highest BCUT2D eigenvalue weighted by molar-refractivity contribution is 6.32. The summed E-state index contributed by atoms with van der Waals surface area (Å²) in [6.45, 7) is 6.13. The third-order valence-electron chi connectivity index (χ3n) is 3.25. The van der Waals surface area contributed by atoms with E-state index in [0.29, 0.717) is 16.6 Å². The van der Waals surface area contributed by atoms with E-state index in [1.165, 1.54) is 0 Å². The van der Waals surface area contributed by atoms with E-state index in [4.69, 9.17) is 16.9 Å². The highest BCUT2D eigenvalue weighted by Gasteiger charge is 2.08. The lowest BCUT2D eigenvalue weighted by atomic mass is 10.2. The first-order valence-electron chi connectivity index (χ1n) is 6.22. The number of hydrogen-bond acceptors (Lipinski definition) is 3. The predicted octanol–water partition coefficient (Wildman–Crippen LogP) is 3.35. The molecule has 1 rings (SSSR count). The van der Waals surface area contributed by atoms with Crippen LogP contribution in [-0.2, 0) is 0 Å². The first kappa shape index (κ1) is 14.8. The molecule has 0 fully saturated rings. The molecule has 18 heavy (non-hydrogen) atoms. The minimum Gasteiger partial charge on any atom is -0.383 e. The van der Waals surface area contributed by atoms with Gasteiger partial charge in [-0.25, -0.2) is 0 Å². The Hall–Kier alpha value is -1.24. The van der Waals surface area contributed by atoms with Gasteiger partial charge in [-0.05, 0) is 32.5 Å². The van der Waals surface area contributed by atoms with Crippen molar-refractivity contribution in [2.45, 2.75) is 26.3 Å². The molecule has 4 heteroatoms. The molecule has 1 N–H and O–H groups in total. The molecular formula is C14H20ClN3. The maximum atomic E-state index is 9.05. The number of likely N-dealkylation sites (N-methyl/N-ethyl adjacent to an activating group) is 1. The standard InChI is InChI=1S/C14H20ClN3/c1-4-11(2)18(3)9-8-17-14-7-5-6-13(15)12(14)10-16/h5-7,11,17H,4,8-9H2,1-3H3. The maximum absolute atomic E-state index is 9.05. The number of nitrogens with zero attached hydrogens (tertiary/aromatic N) is 2. The molecule has 1 unspecified atom stereocenters. The lowest BCUT2D eigenvalue weighted by molar-refractivity contribution is 0.261. The van der Waals surface area contributed by atoms with Crippen LogP contribution in [0.15, 0.2) is 18.2 Å². The fraction of sp³-hybridized carbons (Fsp3) is 0.500. The highest BCUT2D eigenvalue weighted by atomic mass is 35.5. The topological polar surface area (TPSA) is 39.1 Å². The zero-order chi connectivity index (χ0) is 13.5. The molecule has 0 amide bonds. The summed E-state index contributed by atoms with van der Waals surface area (Å²) in [7, 11) is 2.11. The van der Waals surface area contributed by atoms with E-state index in [1.54, 1.807) is 6.07 Å². The summed E-state index contributed by atoms with van der Waals surface area (Å²) >= 11 is 5.97. The van der Waals surface area contributed by atoms with E-state index in [9.17, 15) is 0 Å². The Morgan fingerprint density at radius 2 is 2.22 bits per heavy atom. The molecule has 0 radical (unpaired) electrons. The summed E-state index contributed by atoms with van der Waals surface area (Å²) in [6.07, 6.45) is 1.14. The Labute approximate surface area is 114 Å². The first-order valence-corrected chi connectivity index (χ1v) is 6.60. The Morgan fingerprint density at radius 1 is 1.50 bits per heavy atom. The van der Waals surface area contributed by atoms with E-state index in [-0.39, 0.29) is 0 Å². The predicted molar refractivity (Wildman–Crippen MR) is 77.0 cm³/mol. The maximum Gasteiger partial charge on any atom is 0.103 e. The van der Waals surface area contributed by atoms with Gasteiger partial charge >= 0.3 is 0 Å². The van der Waals surface area contributed by atoms with Gasteiger partial charge in [-0.3, -0.25) is 0 Å². The summed E-state index contributed by atoms with van der Waals surface area (Å²) in [5, 5.41) is 12.8. The van der Waals surface area contributed by atoms with E-state index in [1.807, 2.05) is 12.1 Å². The number of nitriles is 1. The van der Waals surface area contributed by atoms with Gasteiger partial charge in [-0.1, -0.05) is 24.6 Å². The van der Waals surface area contributed by atoms with Crippen LogP contribution in [0, 0.1) is 11.3 Å². The summed E-state index contributed by atoms with van der Waals surface area (Å²) in [4.78, 5) is 2.30. The smallest absolute Gasteiger partial charge is 0.103 e. The summed E-state index contributed by atoms with van der Waals surface area (Å²) in [6, 6.07) is 8.17. The van der Waals surface area contributed by atoms with Gasteiger partial charge in [0.25, 0.3) is 0 Å². The second kappa shape index (κ2) is 7.25. The van der Waals surface area contributed by atoms with E-state index in [0.717, 1.165) is 25.2 Å². The minimum absolute atomic E-state index is 0.498. The van der Waals surface area contributed by atoms with Crippen molar-refractivity contribution in [1.82, 2.24) is 4.90 Å². The zero-order valence-electron chi connectivity index (χ0n) is 11.2. The van der Waals surface area contributed by atoms with Crippen LogP contribution in [0.2, 0.25) is 5.02 Å². The van der Waals surface area contributed by atoms with Crippen molar-refractivity contribution >= 4 is 17.3 Å². The fourth-order valence-corrected chi connectivity index (χ4v) is 1.90. The van der Waals surface area contributed by atoms with Gasteiger partial charge in [-0.15, -0.1) is 0 Å². The summed E-state index contributed by atoms with van der Waals surface area (Å²) < 4.78 is 0. The Bertz CT molecular complexity index is 426. The Morgan fingerprint density at radius 3 is 2.83 bits per heavy atom. The Balaban J connectivity index is 2.55. The van der Waals surface area contributed by atoms with Crippen LogP contribution < -0.4 is 5.32 Å². The van der Waals surface area contributed by atoms with Crippen molar-refractivity contribution in [2.75, 3.05) is 25.5 Å². The normalized spacial score (nSPS) is 12.2. The van der Waals surface area contributed by atoms with Crippen LogP contribution in [0.1, 0.15) is 25.8 Å². The molecule has 0 bridgehead atoms. The third-order valence-corrected chi connectivity index (χ3v) is 3.56. The minimum atomic E-state index is 0.498. The van der Waals surface area contributed by atoms with Crippen molar-refractivity contribution in [3.63, 3.8) is 0 Å². The summed E-state index contributed by atoms with van der Waals surface area (Å²) in [5.41, 5.74) is 1.33. The molecule has 0 saturated carbocycles. The molecule has 3 nitrogen and oxygen atoms in total. The lowest BCUT2D eigenvalue weighted by Crippen LogP contribution is -2.32. The molecule has 0 aliphatic heterocycles. The molecular weight excluding hydrogens is 246 g/mol. The molecule has 98 valence electrons. The molecule has 0 aliphatic rings. The van der Waals surface area contributed by atoms with Crippen LogP contribution in [0.25, 0.3) is 0 Å². The lowest BCUT2D eigenvalue weighted by Gasteiger charge is -2.23. The van der Waals surface area contributed by atoms with Gasteiger partial charge < -0.3 is 10.2 Å². The molecule has 0 heterocycles. The molecule has 1 aromatic rings. The van der Waals surface area contributed by atoms with E-state index in [2.05, 4.69) is 37.2 Å². The highest BCUT2D eigenvalue weighted by Crippen LogP contribution is 2.22. The number of rotatable bonds is 6. The fourth-order valence-electron chi connectivity index (χ4n) is 1.68. The SMILES string of the molecule is CCC(C)N(C)CCNc1cccc(Cl)c1C#N. The number of anilines is 1. The average molecular weight is 266 g/mol. The number of nitrogens with one attached hydrogen (secondary N) is 1. The van der Waals surface area contributed by atoms with E-state index < -0.39 is 0 Å². The van der Waals surface area contributed by atoms with Crippen molar-refractivity contribution in [1.29, 1.82) is 5.26 Å². The first-order chi connectivity index (χ1) is 8.60. The molecule has 0 aromatic heterocycles. The Kier molecular flexibility index (Phi) is 5.97. The summed E-state index contributed by atoms with van der Waals surface area (Å²) in [5.74, 6) is 0. The second-order valence-electron chi connectivity index (χ2n) is 4.44. The zero-order valence-corrected chi connectivity index (χ0v) is 12.0. The van der Waals surface area contributed by atoms with Crippen molar-refractivity contribution in [3.05, 3.63) is 28.8 Å². The van der Waals surface area contributed by atoms with Crippen LogP contribution in [0.5, 0.6) is 0 Å². The van der Waals surface area contributed by atoms with Gasteiger partial charge in [0, 0.05) is 19.1 Å². The van der Waals surface area contributed by atoms with Crippen molar-refractivity contribution in [3.8, 4) is 6.07 Å². The molecule has 0 spiro atoms. The van der Waals surface area contributed by atoms with Crippen LogP contribution in [-0.4, -0.2) is 31.1 Å². The van der Waals surface area contributed by atoms with Crippen molar-refractivity contribution < 1.29 is 0 Å². The molecule has 1 atom stereocenters. The monoisotopic (exact) mass is 265 g/mol. The van der Waals surface area contributed by atoms with Gasteiger partial charge in [0.15, 0.2) is 0 Å².